The quantitative estimate of drug-likeness (QED) is 0.821. The molecule has 0 spiro atoms. The minimum atomic E-state index is 0. The molecule has 0 aromatic carbocycles. The molecule has 1 aromatic rings. The summed E-state index contributed by atoms with van der Waals surface area (Å²) < 4.78 is 0. The number of nitrogens with two attached hydrogens (primary N) is 1. The monoisotopic (exact) mass is 246 g/mol. The van der Waals surface area contributed by atoms with Crippen molar-refractivity contribution >= 4 is 29.7 Å². The van der Waals surface area contributed by atoms with Crippen molar-refractivity contribution in [2.24, 2.45) is 5.73 Å². The molecule has 0 bridgehead atoms. The number of piperidine rings is 1. The predicted octanol–water partition coefficient (Wildman–Crippen LogP) is 1.79. The second-order valence-corrected chi connectivity index (χ2v) is 4.65. The van der Waals surface area contributed by atoms with Crippen molar-refractivity contribution in [1.82, 2.24) is 4.90 Å². The Labute approximate surface area is 99.7 Å². The topological polar surface area (TPSA) is 46.3 Å². The summed E-state index contributed by atoms with van der Waals surface area (Å²) in [5, 5.41) is 2.02. The number of nitrogens with zero attached hydrogens (tertiary/aromatic N) is 1. The second kappa shape index (κ2) is 4.96. The van der Waals surface area contributed by atoms with E-state index < -0.39 is 0 Å². The molecular weight excluding hydrogens is 232 g/mol. The number of carbonyl (C=O) groups excluding carboxylic acids is 1. The van der Waals surface area contributed by atoms with Gasteiger partial charge in [-0.25, -0.2) is 0 Å². The Kier molecular flexibility index (Phi) is 4.13. The fourth-order valence-electron chi connectivity index (χ4n) is 1.93. The molecule has 1 fully saturated rings. The third-order valence-corrected chi connectivity index (χ3v) is 3.69. The lowest BCUT2D eigenvalue weighted by Gasteiger charge is -2.36. The van der Waals surface area contributed by atoms with E-state index >= 15 is 0 Å². The molecule has 3 nitrogen and oxygen atoms in total. The minimum Gasteiger partial charge on any atom is -0.336 e. The highest BCUT2D eigenvalue weighted by molar-refractivity contribution is 7.10. The smallest absolute Gasteiger partial charge is 0.222 e. The zero-order valence-corrected chi connectivity index (χ0v) is 10.2. The number of halogens is 1. The van der Waals surface area contributed by atoms with Crippen molar-refractivity contribution < 1.29 is 4.79 Å². The van der Waals surface area contributed by atoms with Crippen LogP contribution >= 0.6 is 23.7 Å². The lowest BCUT2D eigenvalue weighted by Crippen LogP contribution is -2.46. The van der Waals surface area contributed by atoms with Crippen molar-refractivity contribution in [3.05, 3.63) is 22.4 Å². The summed E-state index contributed by atoms with van der Waals surface area (Å²) in [4.78, 5) is 14.5. The number of likely N-dealkylation sites (N-methyl/N-ethyl adjacent to an activating group) is 1. The average Bonchev–Trinajstić information content (AvgIpc) is 2.65. The molecule has 2 heterocycles. The highest BCUT2D eigenvalue weighted by Gasteiger charge is 2.32. The van der Waals surface area contributed by atoms with Gasteiger partial charge < -0.3 is 10.6 Å². The highest BCUT2D eigenvalue weighted by atomic mass is 35.5. The fraction of sp³-hybridized carbons (Fsp3) is 0.500. The fourth-order valence-corrected chi connectivity index (χ4v) is 2.87. The van der Waals surface area contributed by atoms with Crippen LogP contribution in [0.4, 0.5) is 0 Å². The molecular formula is C10H15ClN2OS. The molecule has 2 N–H and O–H groups in total. The Morgan fingerprint density at radius 3 is 2.93 bits per heavy atom. The van der Waals surface area contributed by atoms with Gasteiger partial charge in [0.25, 0.3) is 0 Å². The van der Waals surface area contributed by atoms with Crippen LogP contribution in [0.5, 0.6) is 0 Å². The van der Waals surface area contributed by atoms with Gasteiger partial charge in [0.2, 0.25) is 5.91 Å². The summed E-state index contributed by atoms with van der Waals surface area (Å²) in [5.74, 6) is 0.199. The van der Waals surface area contributed by atoms with Crippen molar-refractivity contribution in [3.63, 3.8) is 0 Å². The number of thiophene rings is 1. The van der Waals surface area contributed by atoms with Crippen LogP contribution in [0, 0.1) is 0 Å². The molecule has 0 radical (unpaired) electrons. The van der Waals surface area contributed by atoms with Crippen LogP contribution in [-0.4, -0.2) is 23.9 Å². The summed E-state index contributed by atoms with van der Waals surface area (Å²) in [6.45, 7) is 0. The summed E-state index contributed by atoms with van der Waals surface area (Å²) >= 11 is 1.67. The first-order valence-corrected chi connectivity index (χ1v) is 5.63. The molecule has 2 atom stereocenters. The van der Waals surface area contributed by atoms with Crippen LogP contribution < -0.4 is 5.73 Å². The van der Waals surface area contributed by atoms with Gasteiger partial charge in [-0.1, -0.05) is 6.07 Å². The number of carbonyl (C=O) groups is 1. The van der Waals surface area contributed by atoms with E-state index in [0.29, 0.717) is 6.42 Å². The third-order valence-electron chi connectivity index (χ3n) is 2.74. The Bertz CT molecular complexity index is 328. The number of rotatable bonds is 1. The Morgan fingerprint density at radius 1 is 1.60 bits per heavy atom. The van der Waals surface area contributed by atoms with Crippen LogP contribution in [-0.2, 0) is 4.79 Å². The zero-order chi connectivity index (χ0) is 10.1. The van der Waals surface area contributed by atoms with Crippen LogP contribution in [0.15, 0.2) is 17.5 Å². The van der Waals surface area contributed by atoms with Gasteiger partial charge in [-0.15, -0.1) is 23.7 Å². The molecule has 5 heteroatoms. The lowest BCUT2D eigenvalue weighted by atomic mass is 9.96. The van der Waals surface area contributed by atoms with Gasteiger partial charge in [0.05, 0.1) is 6.04 Å². The van der Waals surface area contributed by atoms with E-state index in [0.717, 1.165) is 6.42 Å². The predicted molar refractivity (Wildman–Crippen MR) is 64.3 cm³/mol. The van der Waals surface area contributed by atoms with Gasteiger partial charge in [-0.05, 0) is 17.9 Å². The first kappa shape index (κ1) is 12.5. The number of amides is 1. The Morgan fingerprint density at radius 2 is 2.33 bits per heavy atom. The van der Waals surface area contributed by atoms with Gasteiger partial charge in [-0.3, -0.25) is 4.79 Å². The SMILES string of the molecule is CN1C(=O)CCC(N)C1c1cccs1.Cl. The molecule has 84 valence electrons. The van der Waals surface area contributed by atoms with Crippen molar-refractivity contribution in [2.75, 3.05) is 7.05 Å². The largest absolute Gasteiger partial charge is 0.336 e. The maximum absolute atomic E-state index is 11.5. The normalized spacial score (nSPS) is 26.3. The number of hydrogen-bond donors (Lipinski definition) is 1. The van der Waals surface area contributed by atoms with Gasteiger partial charge in [0.15, 0.2) is 0 Å². The second-order valence-electron chi connectivity index (χ2n) is 3.67. The van der Waals surface area contributed by atoms with E-state index in [1.165, 1.54) is 4.88 Å². The van der Waals surface area contributed by atoms with Crippen LogP contribution in [0.3, 0.4) is 0 Å². The molecule has 2 rings (SSSR count). The molecule has 0 saturated carbocycles. The van der Waals surface area contributed by atoms with E-state index in [1.807, 2.05) is 24.6 Å². The average molecular weight is 247 g/mol. The van der Waals surface area contributed by atoms with Gasteiger partial charge in [0.1, 0.15) is 0 Å². The number of likely N-dealkylation sites (tertiary alicyclic amines) is 1. The first-order chi connectivity index (χ1) is 6.70. The highest BCUT2D eigenvalue weighted by Crippen LogP contribution is 2.31. The van der Waals surface area contributed by atoms with Crippen molar-refractivity contribution in [3.8, 4) is 0 Å². The third kappa shape index (κ3) is 2.33. The van der Waals surface area contributed by atoms with Gasteiger partial charge in [-0.2, -0.15) is 0 Å². The van der Waals surface area contributed by atoms with Crippen LogP contribution in [0.25, 0.3) is 0 Å². The van der Waals surface area contributed by atoms with Crippen molar-refractivity contribution in [2.45, 2.75) is 24.9 Å². The summed E-state index contributed by atoms with van der Waals surface area (Å²) in [6, 6.07) is 4.21. The van der Waals surface area contributed by atoms with Gasteiger partial charge >= 0.3 is 0 Å². The molecule has 2 unspecified atom stereocenters. The Hall–Kier alpha value is -0.580. The summed E-state index contributed by atoms with van der Waals surface area (Å²) in [6.07, 6.45) is 1.38. The van der Waals surface area contributed by atoms with E-state index in [2.05, 4.69) is 0 Å². The molecule has 0 aliphatic carbocycles. The van der Waals surface area contributed by atoms with Crippen molar-refractivity contribution in [1.29, 1.82) is 0 Å². The maximum Gasteiger partial charge on any atom is 0.222 e. The molecule has 1 aromatic heterocycles. The lowest BCUT2D eigenvalue weighted by molar-refractivity contribution is -0.135. The molecule has 15 heavy (non-hydrogen) atoms. The van der Waals surface area contributed by atoms with Crippen LogP contribution in [0.1, 0.15) is 23.8 Å². The van der Waals surface area contributed by atoms with E-state index in [9.17, 15) is 4.79 Å². The Balaban J connectivity index is 0.00000112. The standard InChI is InChI=1S/C10H14N2OS.ClH/c1-12-9(13)5-4-7(11)10(12)8-3-2-6-14-8;/h2-3,6-7,10H,4-5,11H2,1H3;1H. The molecule has 1 aliphatic rings. The molecule has 1 saturated heterocycles. The number of hydrogen-bond acceptors (Lipinski definition) is 3. The van der Waals surface area contributed by atoms with E-state index in [4.69, 9.17) is 5.73 Å². The first-order valence-electron chi connectivity index (χ1n) is 4.75. The zero-order valence-electron chi connectivity index (χ0n) is 8.55. The summed E-state index contributed by atoms with van der Waals surface area (Å²) in [7, 11) is 1.84. The summed E-state index contributed by atoms with van der Waals surface area (Å²) in [5.41, 5.74) is 6.04. The minimum absolute atomic E-state index is 0. The van der Waals surface area contributed by atoms with E-state index in [-0.39, 0.29) is 30.4 Å². The van der Waals surface area contributed by atoms with E-state index in [1.54, 1.807) is 16.2 Å². The maximum atomic E-state index is 11.5. The van der Waals surface area contributed by atoms with Crippen LogP contribution in [0.2, 0.25) is 0 Å². The molecule has 1 aliphatic heterocycles. The van der Waals surface area contributed by atoms with Gasteiger partial charge in [0, 0.05) is 24.4 Å². The molecule has 1 amide bonds.